The molecule has 2 N–H and O–H groups in total. The molecule has 0 unspecified atom stereocenters. The Morgan fingerprint density at radius 2 is 1.79 bits per heavy atom. The van der Waals surface area contributed by atoms with Gasteiger partial charge in [0, 0.05) is 16.2 Å². The van der Waals surface area contributed by atoms with Crippen LogP contribution in [0.15, 0.2) is 53.4 Å². The Kier molecular flexibility index (Phi) is 5.09. The second-order valence-electron chi connectivity index (χ2n) is 4.22. The first-order valence-electron chi connectivity index (χ1n) is 6.26. The van der Waals surface area contributed by atoms with E-state index in [9.17, 15) is 0 Å². The monoisotopic (exact) mass is 267 g/mol. The highest BCUT2D eigenvalue weighted by Gasteiger charge is 2.02. The van der Waals surface area contributed by atoms with E-state index >= 15 is 0 Å². The Bertz CT molecular complexity index is 608. The maximum atomic E-state index is 5.43. The van der Waals surface area contributed by atoms with Gasteiger partial charge in [0.1, 0.15) is 0 Å². The minimum Gasteiger partial charge on any atom is -0.320 e. The van der Waals surface area contributed by atoms with Crippen molar-refractivity contribution in [3.63, 3.8) is 0 Å². The molecular formula is C17H17NS. The zero-order chi connectivity index (χ0) is 13.5. The molecule has 0 spiro atoms. The molecule has 0 aromatic heterocycles. The fraction of sp³-hybridized carbons (Fsp3) is 0.176. The van der Waals surface area contributed by atoms with E-state index in [0.29, 0.717) is 6.54 Å². The van der Waals surface area contributed by atoms with Crippen LogP contribution in [0, 0.1) is 18.8 Å². The summed E-state index contributed by atoms with van der Waals surface area (Å²) in [6, 6.07) is 16.7. The third kappa shape index (κ3) is 3.89. The lowest BCUT2D eigenvalue weighted by Gasteiger charge is -2.07. The van der Waals surface area contributed by atoms with Gasteiger partial charge in [-0.15, -0.1) is 11.8 Å². The van der Waals surface area contributed by atoms with E-state index in [2.05, 4.69) is 61.2 Å². The van der Waals surface area contributed by atoms with Gasteiger partial charge in [0.05, 0.1) is 6.54 Å². The summed E-state index contributed by atoms with van der Waals surface area (Å²) in [5.74, 6) is 6.99. The highest BCUT2D eigenvalue weighted by molar-refractivity contribution is 7.98. The zero-order valence-corrected chi connectivity index (χ0v) is 11.8. The van der Waals surface area contributed by atoms with Crippen LogP contribution in [0.5, 0.6) is 0 Å². The van der Waals surface area contributed by atoms with Crippen LogP contribution < -0.4 is 5.73 Å². The molecule has 2 aromatic carbocycles. The largest absolute Gasteiger partial charge is 0.320 e. The highest BCUT2D eigenvalue weighted by Crippen LogP contribution is 2.26. The van der Waals surface area contributed by atoms with Crippen LogP contribution in [-0.2, 0) is 5.75 Å². The maximum Gasteiger partial charge on any atom is 0.0555 e. The van der Waals surface area contributed by atoms with Crippen molar-refractivity contribution >= 4 is 11.8 Å². The first-order chi connectivity index (χ1) is 9.31. The normalized spacial score (nSPS) is 9.79. The van der Waals surface area contributed by atoms with Crippen molar-refractivity contribution in [3.05, 3.63) is 65.2 Å². The van der Waals surface area contributed by atoms with E-state index in [4.69, 9.17) is 5.73 Å². The molecule has 2 heteroatoms. The summed E-state index contributed by atoms with van der Waals surface area (Å²) in [7, 11) is 0. The van der Waals surface area contributed by atoms with Crippen molar-refractivity contribution in [1.82, 2.24) is 0 Å². The summed E-state index contributed by atoms with van der Waals surface area (Å²) in [5.41, 5.74) is 9.09. The highest BCUT2D eigenvalue weighted by atomic mass is 32.2. The first-order valence-corrected chi connectivity index (χ1v) is 7.25. The molecule has 1 nitrogen and oxygen atoms in total. The fourth-order valence-corrected chi connectivity index (χ4v) is 2.82. The Hall–Kier alpha value is -1.69. The van der Waals surface area contributed by atoms with E-state index in [1.165, 1.54) is 16.0 Å². The molecule has 0 aliphatic carbocycles. The Balaban J connectivity index is 2.14. The lowest BCUT2D eigenvalue weighted by molar-refractivity contribution is 1.28. The van der Waals surface area contributed by atoms with E-state index in [0.717, 1.165) is 11.3 Å². The van der Waals surface area contributed by atoms with Crippen LogP contribution in [0.1, 0.15) is 16.7 Å². The number of benzene rings is 2. The minimum atomic E-state index is 0.402. The third-order valence-electron chi connectivity index (χ3n) is 2.82. The van der Waals surface area contributed by atoms with Gasteiger partial charge in [0.2, 0.25) is 0 Å². The second kappa shape index (κ2) is 7.04. The van der Waals surface area contributed by atoms with Crippen LogP contribution in [0.25, 0.3) is 0 Å². The third-order valence-corrected chi connectivity index (χ3v) is 4.04. The summed E-state index contributed by atoms with van der Waals surface area (Å²) >= 11 is 1.85. The summed E-state index contributed by atoms with van der Waals surface area (Å²) in [6.45, 7) is 2.54. The van der Waals surface area contributed by atoms with Crippen LogP contribution >= 0.6 is 11.8 Å². The number of thioether (sulfide) groups is 1. The van der Waals surface area contributed by atoms with Crippen molar-refractivity contribution in [2.45, 2.75) is 17.6 Å². The Labute approximate surface area is 119 Å². The van der Waals surface area contributed by atoms with Crippen LogP contribution in [-0.4, -0.2) is 6.54 Å². The number of hydrogen-bond donors (Lipinski definition) is 1. The predicted molar refractivity (Wildman–Crippen MR) is 83.1 cm³/mol. The SMILES string of the molecule is Cc1ccccc1SCc1ccccc1C#CCN. The number of aryl methyl sites for hydroxylation is 1. The average molecular weight is 267 g/mol. The lowest BCUT2D eigenvalue weighted by atomic mass is 10.1. The van der Waals surface area contributed by atoms with Gasteiger partial charge in [-0.1, -0.05) is 48.2 Å². The summed E-state index contributed by atoms with van der Waals surface area (Å²) in [6.07, 6.45) is 0. The molecule has 19 heavy (non-hydrogen) atoms. The molecule has 0 fully saturated rings. The molecule has 2 aromatic rings. The number of nitrogens with two attached hydrogens (primary N) is 1. The fourth-order valence-electron chi connectivity index (χ4n) is 1.79. The van der Waals surface area contributed by atoms with Gasteiger partial charge in [0.15, 0.2) is 0 Å². The Morgan fingerprint density at radius 1 is 1.05 bits per heavy atom. The van der Waals surface area contributed by atoms with Crippen LogP contribution in [0.4, 0.5) is 0 Å². The van der Waals surface area contributed by atoms with E-state index in [1.54, 1.807) is 0 Å². The molecule has 0 aliphatic rings. The smallest absolute Gasteiger partial charge is 0.0555 e. The number of rotatable bonds is 3. The van der Waals surface area contributed by atoms with Gasteiger partial charge in [-0.2, -0.15) is 0 Å². The molecule has 96 valence electrons. The molecular weight excluding hydrogens is 250 g/mol. The van der Waals surface area contributed by atoms with Crippen LogP contribution in [0.2, 0.25) is 0 Å². The van der Waals surface area contributed by atoms with Crippen molar-refractivity contribution in [2.75, 3.05) is 6.54 Å². The van der Waals surface area contributed by atoms with Gasteiger partial charge < -0.3 is 5.73 Å². The first kappa shape index (κ1) is 13.7. The van der Waals surface area contributed by atoms with Gasteiger partial charge in [-0.3, -0.25) is 0 Å². The van der Waals surface area contributed by atoms with Gasteiger partial charge in [0.25, 0.3) is 0 Å². The van der Waals surface area contributed by atoms with E-state index in [-0.39, 0.29) is 0 Å². The van der Waals surface area contributed by atoms with Crippen molar-refractivity contribution in [3.8, 4) is 11.8 Å². The van der Waals surface area contributed by atoms with Crippen molar-refractivity contribution in [1.29, 1.82) is 0 Å². The zero-order valence-electron chi connectivity index (χ0n) is 11.0. The molecule has 2 rings (SSSR count). The predicted octanol–water partition coefficient (Wildman–Crippen LogP) is 3.60. The molecule has 0 bridgehead atoms. The maximum absolute atomic E-state index is 5.43. The van der Waals surface area contributed by atoms with Gasteiger partial charge >= 0.3 is 0 Å². The van der Waals surface area contributed by atoms with Crippen molar-refractivity contribution < 1.29 is 0 Å². The second-order valence-corrected chi connectivity index (χ2v) is 5.23. The lowest BCUT2D eigenvalue weighted by Crippen LogP contribution is -1.94. The van der Waals surface area contributed by atoms with E-state index in [1.807, 2.05) is 17.8 Å². The summed E-state index contributed by atoms with van der Waals surface area (Å²) in [5, 5.41) is 0. The quantitative estimate of drug-likeness (QED) is 0.679. The topological polar surface area (TPSA) is 26.0 Å². The average Bonchev–Trinajstić information content (AvgIpc) is 2.45. The molecule has 0 saturated heterocycles. The molecule has 0 heterocycles. The van der Waals surface area contributed by atoms with E-state index < -0.39 is 0 Å². The standard InChI is InChI=1S/C17H17NS/c1-14-7-2-5-11-17(14)19-13-16-9-4-3-8-15(16)10-6-12-18/h2-5,7-9,11H,12-13,18H2,1H3. The minimum absolute atomic E-state index is 0.402. The van der Waals surface area contributed by atoms with Crippen molar-refractivity contribution in [2.24, 2.45) is 5.73 Å². The molecule has 0 saturated carbocycles. The number of hydrogen-bond acceptors (Lipinski definition) is 2. The summed E-state index contributed by atoms with van der Waals surface area (Å²) in [4.78, 5) is 1.32. The van der Waals surface area contributed by atoms with Gasteiger partial charge in [-0.05, 0) is 30.2 Å². The Morgan fingerprint density at radius 3 is 2.58 bits per heavy atom. The summed E-state index contributed by atoms with van der Waals surface area (Å²) < 4.78 is 0. The van der Waals surface area contributed by atoms with Gasteiger partial charge in [-0.25, -0.2) is 0 Å². The molecule has 0 amide bonds. The van der Waals surface area contributed by atoms with Crippen LogP contribution in [0.3, 0.4) is 0 Å². The molecule has 0 atom stereocenters. The molecule has 0 radical (unpaired) electrons. The molecule has 0 aliphatic heterocycles.